The minimum atomic E-state index is -0.278. The van der Waals surface area contributed by atoms with Crippen LogP contribution < -0.4 is 15.5 Å². The zero-order valence-corrected chi connectivity index (χ0v) is 14.2. The molecule has 1 saturated heterocycles. The predicted molar refractivity (Wildman–Crippen MR) is 97.6 cm³/mol. The highest BCUT2D eigenvalue weighted by Gasteiger charge is 2.12. The van der Waals surface area contributed by atoms with Gasteiger partial charge in [0.05, 0.1) is 10.7 Å². The number of para-hydroxylation sites is 1. The van der Waals surface area contributed by atoms with Gasteiger partial charge in [0.25, 0.3) is 0 Å². The van der Waals surface area contributed by atoms with Crippen molar-refractivity contribution in [3.8, 4) is 0 Å². The van der Waals surface area contributed by atoms with Gasteiger partial charge in [-0.05, 0) is 49.1 Å². The lowest BCUT2D eigenvalue weighted by Crippen LogP contribution is -2.31. The third-order valence-corrected chi connectivity index (χ3v) is 4.39. The fraction of sp³-hybridized carbons (Fsp3) is 0.333. The number of aromatic nitrogens is 1. The summed E-state index contributed by atoms with van der Waals surface area (Å²) >= 11 is 6.04. The molecule has 0 aliphatic carbocycles. The summed E-state index contributed by atoms with van der Waals surface area (Å²) in [5.74, 6) is 0.987. The average molecular weight is 345 g/mol. The van der Waals surface area contributed by atoms with Crippen LogP contribution in [0.3, 0.4) is 0 Å². The maximum atomic E-state index is 12.0. The molecule has 0 radical (unpaired) electrons. The average Bonchev–Trinajstić information content (AvgIpc) is 2.63. The Bertz CT molecular complexity index is 701. The summed E-state index contributed by atoms with van der Waals surface area (Å²) in [5.41, 5.74) is 1.63. The van der Waals surface area contributed by atoms with Crippen molar-refractivity contribution in [2.24, 2.45) is 0 Å². The number of nitrogens with zero attached hydrogens (tertiary/aromatic N) is 2. The number of amides is 2. The second-order valence-corrected chi connectivity index (χ2v) is 6.26. The first-order valence-corrected chi connectivity index (χ1v) is 8.59. The number of nitrogens with one attached hydrogen (secondary N) is 2. The van der Waals surface area contributed by atoms with Gasteiger partial charge < -0.3 is 15.5 Å². The molecule has 0 atom stereocenters. The highest BCUT2D eigenvalue weighted by atomic mass is 35.5. The Hall–Kier alpha value is -2.27. The highest BCUT2D eigenvalue weighted by molar-refractivity contribution is 6.33. The zero-order chi connectivity index (χ0) is 16.8. The van der Waals surface area contributed by atoms with Crippen molar-refractivity contribution in [2.75, 3.05) is 23.3 Å². The highest BCUT2D eigenvalue weighted by Crippen LogP contribution is 2.20. The monoisotopic (exact) mass is 344 g/mol. The summed E-state index contributed by atoms with van der Waals surface area (Å²) in [7, 11) is 0. The van der Waals surface area contributed by atoms with Gasteiger partial charge in [0.2, 0.25) is 0 Å². The molecular weight excluding hydrogens is 324 g/mol. The topological polar surface area (TPSA) is 57.3 Å². The third-order valence-electron chi connectivity index (χ3n) is 4.07. The number of carbonyl (C=O) groups is 1. The Balaban J connectivity index is 1.56. The summed E-state index contributed by atoms with van der Waals surface area (Å²) in [6, 6.07) is 10.8. The molecule has 2 amide bonds. The number of hydrogen-bond acceptors (Lipinski definition) is 3. The Morgan fingerprint density at radius 2 is 1.96 bits per heavy atom. The van der Waals surface area contributed by atoms with Gasteiger partial charge >= 0.3 is 6.03 Å². The maximum Gasteiger partial charge on any atom is 0.319 e. The molecule has 0 bridgehead atoms. The van der Waals surface area contributed by atoms with E-state index in [1.54, 1.807) is 18.3 Å². The number of urea groups is 1. The number of pyridine rings is 1. The molecule has 24 heavy (non-hydrogen) atoms. The molecule has 0 saturated carbocycles. The van der Waals surface area contributed by atoms with Gasteiger partial charge in [-0.2, -0.15) is 0 Å². The van der Waals surface area contributed by atoms with Gasteiger partial charge in [0.1, 0.15) is 5.82 Å². The van der Waals surface area contributed by atoms with E-state index in [4.69, 9.17) is 11.6 Å². The van der Waals surface area contributed by atoms with E-state index >= 15 is 0 Å². The molecule has 2 aromatic rings. The molecule has 5 nitrogen and oxygen atoms in total. The summed E-state index contributed by atoms with van der Waals surface area (Å²) in [6.07, 6.45) is 5.52. The first-order valence-electron chi connectivity index (χ1n) is 8.21. The Morgan fingerprint density at radius 3 is 2.75 bits per heavy atom. The van der Waals surface area contributed by atoms with Crippen LogP contribution in [0.2, 0.25) is 5.02 Å². The summed E-state index contributed by atoms with van der Waals surface area (Å²) in [4.78, 5) is 18.8. The van der Waals surface area contributed by atoms with Crippen molar-refractivity contribution in [1.29, 1.82) is 0 Å². The summed E-state index contributed by atoms with van der Waals surface area (Å²) in [5, 5.41) is 6.12. The lowest BCUT2D eigenvalue weighted by molar-refractivity contribution is 0.251. The molecule has 1 aromatic carbocycles. The number of carbonyl (C=O) groups excluding carboxylic acids is 1. The number of piperidine rings is 1. The van der Waals surface area contributed by atoms with Gasteiger partial charge in [-0.3, -0.25) is 0 Å². The van der Waals surface area contributed by atoms with Crippen molar-refractivity contribution in [2.45, 2.75) is 25.8 Å². The quantitative estimate of drug-likeness (QED) is 0.879. The first-order chi connectivity index (χ1) is 11.7. The fourth-order valence-electron chi connectivity index (χ4n) is 2.78. The van der Waals surface area contributed by atoms with Crippen LogP contribution in [0.25, 0.3) is 0 Å². The van der Waals surface area contributed by atoms with Crippen LogP contribution in [0.4, 0.5) is 16.3 Å². The molecule has 6 heteroatoms. The van der Waals surface area contributed by atoms with Crippen LogP contribution in [0.5, 0.6) is 0 Å². The Morgan fingerprint density at radius 1 is 1.17 bits per heavy atom. The fourth-order valence-corrected chi connectivity index (χ4v) is 2.96. The van der Waals surface area contributed by atoms with Crippen molar-refractivity contribution < 1.29 is 4.79 Å². The van der Waals surface area contributed by atoms with E-state index in [0.717, 1.165) is 24.5 Å². The summed E-state index contributed by atoms with van der Waals surface area (Å²) in [6.45, 7) is 2.55. The van der Waals surface area contributed by atoms with Gasteiger partial charge in [-0.1, -0.05) is 23.7 Å². The molecule has 1 aliphatic rings. The van der Waals surface area contributed by atoms with Crippen LogP contribution in [0.1, 0.15) is 24.8 Å². The Kier molecular flexibility index (Phi) is 5.54. The molecule has 0 unspecified atom stereocenters. The second kappa shape index (κ2) is 8.02. The lowest BCUT2D eigenvalue weighted by atomic mass is 10.1. The van der Waals surface area contributed by atoms with E-state index in [-0.39, 0.29) is 6.03 Å². The molecule has 2 heterocycles. The third kappa shape index (κ3) is 4.38. The first kappa shape index (κ1) is 16.6. The van der Waals surface area contributed by atoms with Crippen molar-refractivity contribution in [3.63, 3.8) is 0 Å². The largest absolute Gasteiger partial charge is 0.357 e. The van der Waals surface area contributed by atoms with Gasteiger partial charge in [0, 0.05) is 25.8 Å². The van der Waals surface area contributed by atoms with Crippen molar-refractivity contribution in [1.82, 2.24) is 10.3 Å². The van der Waals surface area contributed by atoms with Gasteiger partial charge in [-0.25, -0.2) is 9.78 Å². The molecule has 126 valence electrons. The van der Waals surface area contributed by atoms with E-state index in [9.17, 15) is 4.79 Å². The van der Waals surface area contributed by atoms with Crippen LogP contribution in [0, 0.1) is 0 Å². The molecule has 1 fully saturated rings. The van der Waals surface area contributed by atoms with E-state index in [1.165, 1.54) is 19.3 Å². The lowest BCUT2D eigenvalue weighted by Gasteiger charge is -2.27. The molecule has 1 aliphatic heterocycles. The number of halogens is 1. The Labute approximate surface area is 147 Å². The number of hydrogen-bond donors (Lipinski definition) is 2. The van der Waals surface area contributed by atoms with Crippen molar-refractivity contribution >= 4 is 29.1 Å². The maximum absolute atomic E-state index is 12.0. The van der Waals surface area contributed by atoms with E-state index in [1.807, 2.05) is 24.3 Å². The smallest absolute Gasteiger partial charge is 0.319 e. The minimum absolute atomic E-state index is 0.278. The SMILES string of the molecule is O=C(NCc1ccnc(N2CCCCC2)c1)Nc1ccccc1Cl. The molecule has 3 rings (SSSR count). The van der Waals surface area contributed by atoms with Crippen molar-refractivity contribution in [3.05, 3.63) is 53.2 Å². The molecule has 2 N–H and O–H groups in total. The molecule has 0 spiro atoms. The number of benzene rings is 1. The normalized spacial score (nSPS) is 14.3. The second-order valence-electron chi connectivity index (χ2n) is 5.86. The van der Waals surface area contributed by atoms with Crippen LogP contribution >= 0.6 is 11.6 Å². The van der Waals surface area contributed by atoms with Crippen LogP contribution in [-0.2, 0) is 6.54 Å². The zero-order valence-electron chi connectivity index (χ0n) is 13.5. The number of rotatable bonds is 4. The van der Waals surface area contributed by atoms with E-state index in [2.05, 4.69) is 20.5 Å². The minimum Gasteiger partial charge on any atom is -0.357 e. The van der Waals surface area contributed by atoms with Crippen LogP contribution in [0.15, 0.2) is 42.6 Å². The molecular formula is C18H21ClN4O. The number of anilines is 2. The van der Waals surface area contributed by atoms with E-state index in [0.29, 0.717) is 17.3 Å². The molecule has 1 aromatic heterocycles. The standard InChI is InChI=1S/C18H21ClN4O/c19-15-6-2-3-7-16(15)22-18(24)21-13-14-8-9-20-17(12-14)23-10-4-1-5-11-23/h2-3,6-9,12H,1,4-5,10-11,13H2,(H2,21,22,24). The summed E-state index contributed by atoms with van der Waals surface area (Å²) < 4.78 is 0. The van der Waals surface area contributed by atoms with E-state index < -0.39 is 0 Å². The van der Waals surface area contributed by atoms with Crippen LogP contribution in [-0.4, -0.2) is 24.1 Å². The van der Waals surface area contributed by atoms with Gasteiger partial charge in [0.15, 0.2) is 0 Å². The van der Waals surface area contributed by atoms with Gasteiger partial charge in [-0.15, -0.1) is 0 Å². The predicted octanol–water partition coefficient (Wildman–Crippen LogP) is 4.05.